The van der Waals surface area contributed by atoms with Gasteiger partial charge in [0.2, 0.25) is 23.6 Å². The first-order valence-electron chi connectivity index (χ1n) is 37.7. The number of thiazole rings is 1. The van der Waals surface area contributed by atoms with E-state index in [-0.39, 0.29) is 53.0 Å². The number of nitriles is 2. The van der Waals surface area contributed by atoms with Crippen molar-refractivity contribution in [2.45, 2.75) is 101 Å². The molecule has 0 aliphatic carbocycles. The first-order chi connectivity index (χ1) is 56.6. The van der Waals surface area contributed by atoms with Crippen LogP contribution >= 0.6 is 56.9 Å². The number of benzene rings is 7. The Hall–Kier alpha value is -12.8. The van der Waals surface area contributed by atoms with E-state index in [2.05, 4.69) is 79.5 Å². The Kier molecular flexibility index (Phi) is 22.7. The van der Waals surface area contributed by atoms with Crippen LogP contribution in [0.15, 0.2) is 236 Å². The predicted octanol–water partition coefficient (Wildman–Crippen LogP) is 17.5. The molecule has 21 nitrogen and oxygen atoms in total. The van der Waals surface area contributed by atoms with Crippen LogP contribution in [0.1, 0.15) is 124 Å². The number of fused-ring (bicyclic) bond motifs is 3. The van der Waals surface area contributed by atoms with Crippen LogP contribution in [0.4, 0.5) is 8.78 Å². The van der Waals surface area contributed by atoms with Crippen LogP contribution < -0.4 is 22.9 Å². The fourth-order valence-corrected chi connectivity index (χ4v) is 19.6. The molecule has 119 heavy (non-hydrogen) atoms. The predicted molar refractivity (Wildman–Crippen MR) is 472 cm³/mol. The second-order valence-electron chi connectivity index (χ2n) is 30.5. The van der Waals surface area contributed by atoms with E-state index in [9.17, 15) is 38.5 Å². The van der Waals surface area contributed by atoms with Crippen LogP contribution in [-0.2, 0) is 47.3 Å². The number of aryl methyl sites for hydroxylation is 2. The molecular weight excluding hydrogens is 1600 g/mol. The fraction of sp³-hybridized carbons (Fsp3) is 0.220. The molecule has 13 aromatic rings. The summed E-state index contributed by atoms with van der Waals surface area (Å²) < 4.78 is 28.2. The van der Waals surface area contributed by atoms with Gasteiger partial charge in [0.25, 0.3) is 5.92 Å². The second kappa shape index (κ2) is 32.6. The number of hydrogen-bond acceptors (Lipinski definition) is 21. The first kappa shape index (κ1) is 82.8. The highest BCUT2D eigenvalue weighted by atomic mass is 35.5. The van der Waals surface area contributed by atoms with Crippen molar-refractivity contribution in [2.75, 3.05) is 28.2 Å². The summed E-state index contributed by atoms with van der Waals surface area (Å²) in [5.41, 5.74) is 37.8. The number of thiophene rings is 3. The average Bonchev–Trinajstić information content (AvgIpc) is 1.73. The van der Waals surface area contributed by atoms with Crippen molar-refractivity contribution < 1.29 is 28.0 Å². The normalized spacial score (nSPS) is 21.2. The number of nitrogens with zero attached hydrogens (tertiary/aromatic N) is 13. The highest BCUT2D eigenvalue weighted by Gasteiger charge is 2.52. The molecule has 0 saturated carbocycles. The minimum Gasteiger partial charge on any atom is -0.369 e. The van der Waals surface area contributed by atoms with Crippen molar-refractivity contribution >= 4 is 136 Å². The quantitative estimate of drug-likeness (QED) is 0.0937. The van der Waals surface area contributed by atoms with Gasteiger partial charge in [-0.25, -0.2) is 33.7 Å². The first-order valence-corrected chi connectivity index (χ1v) is 41.6. The third-order valence-electron chi connectivity index (χ3n) is 22.3. The van der Waals surface area contributed by atoms with Crippen molar-refractivity contribution in [1.29, 1.82) is 10.5 Å². The van der Waals surface area contributed by atoms with Crippen LogP contribution in [0.25, 0.3) is 65.4 Å². The summed E-state index contributed by atoms with van der Waals surface area (Å²) in [6.45, 7) is 12.4. The van der Waals surface area contributed by atoms with Crippen LogP contribution in [-0.4, -0.2) is 110 Å². The van der Waals surface area contributed by atoms with Crippen LogP contribution in [0.2, 0.25) is 5.02 Å². The van der Waals surface area contributed by atoms with E-state index in [1.807, 2.05) is 165 Å². The number of halogens is 3. The van der Waals surface area contributed by atoms with E-state index in [0.29, 0.717) is 33.0 Å². The number of aromatic nitrogens is 3. The number of pyridine rings is 2. The van der Waals surface area contributed by atoms with Crippen molar-refractivity contribution in [1.82, 2.24) is 34.6 Å². The third kappa shape index (κ3) is 16.2. The average molecular weight is 1680 g/mol. The number of nitrogens with two attached hydrogens (primary N) is 4. The van der Waals surface area contributed by atoms with E-state index in [0.717, 1.165) is 105 Å². The summed E-state index contributed by atoms with van der Waals surface area (Å²) in [7, 11) is 6.51. The molecule has 4 aliphatic rings. The van der Waals surface area contributed by atoms with E-state index in [1.165, 1.54) is 47.8 Å². The Labute approximate surface area is 707 Å². The van der Waals surface area contributed by atoms with Gasteiger partial charge in [-0.2, -0.15) is 10.5 Å². The topological polar surface area (TPSA) is 321 Å². The lowest BCUT2D eigenvalue weighted by atomic mass is 9.77. The highest BCUT2D eigenvalue weighted by molar-refractivity contribution is 7.16. The van der Waals surface area contributed by atoms with Gasteiger partial charge in [-0.05, 0) is 210 Å². The Balaban J connectivity index is 0.000000131. The molecule has 4 aliphatic heterocycles. The molecule has 0 saturated heterocycles. The molecule has 17 rings (SSSR count). The number of hydrogen-bond donors (Lipinski definition) is 4. The summed E-state index contributed by atoms with van der Waals surface area (Å²) in [6.07, 6.45) is 0.304. The van der Waals surface area contributed by atoms with Crippen molar-refractivity contribution in [3.8, 4) is 45.5 Å². The zero-order valence-electron chi connectivity index (χ0n) is 66.7. The maximum atomic E-state index is 13.6. The van der Waals surface area contributed by atoms with E-state index in [1.54, 1.807) is 99.5 Å². The minimum atomic E-state index is -2.95. The Morgan fingerprint density at radius 3 is 1.40 bits per heavy atom. The summed E-state index contributed by atoms with van der Waals surface area (Å²) in [4.78, 5) is 92.9. The van der Waals surface area contributed by atoms with Crippen molar-refractivity contribution in [3.63, 3.8) is 0 Å². The molecule has 8 N–H and O–H groups in total. The number of carbonyl (C=O) groups excluding carboxylic acids is 4. The fourth-order valence-electron chi connectivity index (χ4n) is 15.4. The minimum absolute atomic E-state index is 0.0238. The number of carbonyl (C=O) groups is 4. The maximum absolute atomic E-state index is 13.6. The summed E-state index contributed by atoms with van der Waals surface area (Å²) >= 11 is 12.4. The molecule has 6 aromatic heterocycles. The van der Waals surface area contributed by atoms with Crippen LogP contribution in [0.3, 0.4) is 0 Å². The van der Waals surface area contributed by atoms with Gasteiger partial charge in [-0.15, -0.1) is 45.3 Å². The lowest BCUT2D eigenvalue weighted by Gasteiger charge is -2.40. The smallest absolute Gasteiger partial charge is 0.270 e. The highest BCUT2D eigenvalue weighted by Crippen LogP contribution is 2.52. The van der Waals surface area contributed by atoms with Crippen molar-refractivity contribution in [3.05, 3.63) is 286 Å². The Bertz CT molecular complexity index is 6210. The molecule has 7 atom stereocenters. The maximum Gasteiger partial charge on any atom is 0.270 e. The van der Waals surface area contributed by atoms with Gasteiger partial charge < -0.3 is 22.9 Å². The van der Waals surface area contributed by atoms with Gasteiger partial charge in [-0.1, -0.05) is 109 Å². The molecule has 0 radical (unpaired) electrons. The van der Waals surface area contributed by atoms with Gasteiger partial charge in [-0.3, -0.25) is 48.7 Å². The van der Waals surface area contributed by atoms with Crippen LogP contribution in [0, 0.1) is 36.5 Å². The third-order valence-corrected chi connectivity index (χ3v) is 27.0. The molecular formula is C91H82ClF2N17O4S4. The van der Waals surface area contributed by atoms with Gasteiger partial charge in [0.15, 0.2) is 23.8 Å². The molecule has 0 spiro atoms. The summed E-state index contributed by atoms with van der Waals surface area (Å²) in [6, 6.07) is 65.2. The van der Waals surface area contributed by atoms with E-state index < -0.39 is 45.8 Å². The summed E-state index contributed by atoms with van der Waals surface area (Å²) in [5.74, 6) is -4.52. The lowest BCUT2D eigenvalue weighted by molar-refractivity contribution is -0.131. The van der Waals surface area contributed by atoms with Gasteiger partial charge in [0.05, 0.1) is 89.6 Å². The van der Waals surface area contributed by atoms with E-state index >= 15 is 0 Å². The number of aliphatic imine (C=N–C) groups is 4. The molecule has 600 valence electrons. The molecule has 10 heterocycles. The molecule has 1 unspecified atom stereocenters. The van der Waals surface area contributed by atoms with Crippen molar-refractivity contribution in [2.24, 2.45) is 42.9 Å². The molecule has 0 bridgehead atoms. The molecule has 0 fully saturated rings. The zero-order valence-corrected chi connectivity index (χ0v) is 70.8. The number of alkyl halides is 2. The second-order valence-corrected chi connectivity index (χ2v) is 34.6. The standard InChI is InChI=1S/2C27H23N5OS.C19H18N4OS.C18H18ClF2N3OS/c2*1-16-7-8-19-12-20(9-10-22(19)30-16)24-25(33)32(3)26(29)31-27(24,2)23-13-21(15-34-23)18-6-4-5-17(11-18)14-28;1-19(10-17(24)23(2)18(20)22-19)14-5-3-4-12(8-14)13-6-7-16-15(9-13)21-11-25-16;1-17(14-12(19)8-9-26-14)13(15(25)24(3)16(22)23-17)10-4-6-11(7-5-10)18(2,20)21/h2*4-13,15,24H,1-3H3,(H2,29,31);3-9,11H,10H2,1-2H3,(H2,20,22);4-9,13H,1-3H3,(H2,22,23)/t24-,27+;24-,27-;19-;13?,17-/m0100/s1. The Morgan fingerprint density at radius 1 is 0.479 bits per heavy atom. The Morgan fingerprint density at radius 2 is 0.933 bits per heavy atom. The lowest BCUT2D eigenvalue weighted by Crippen LogP contribution is -2.52. The number of rotatable bonds is 11. The molecule has 28 heteroatoms. The number of guanidine groups is 4. The largest absolute Gasteiger partial charge is 0.369 e. The van der Waals surface area contributed by atoms with Crippen LogP contribution in [0.5, 0.6) is 0 Å². The van der Waals surface area contributed by atoms with Gasteiger partial charge >= 0.3 is 0 Å². The summed E-state index contributed by atoms with van der Waals surface area (Å²) in [5, 5.41) is 26.9. The zero-order chi connectivity index (χ0) is 84.9. The van der Waals surface area contributed by atoms with Gasteiger partial charge in [0, 0.05) is 72.6 Å². The number of likely N-dealkylation sites (N-methyl/N-ethyl adjacent to an activating group) is 3. The number of amides is 4. The molecule has 4 amide bonds. The monoisotopic (exact) mass is 1680 g/mol. The molecule has 7 aromatic carbocycles. The van der Waals surface area contributed by atoms with Gasteiger partial charge in [0.1, 0.15) is 16.6 Å². The van der Waals surface area contributed by atoms with E-state index in [4.69, 9.17) is 44.5 Å². The SMILES string of the molecule is CN1C(=O)C(c2ccc(C(C)(F)F)cc2)[C@@](C)(c2sccc2Cl)N=C1N.CN1C(=O)C[C@@](C)(c2cccc(-c3ccc4scnc4c3)c2)N=C1N.Cc1ccc2cc([C@@H]3C(=O)N(C)C(N)=N[C@]3(C)c3cc(-c4cccc(C#N)c4)cs3)ccc2n1.Cc1ccc2cc([C@H]3C(=O)N(C)C(N)=N[C@]3(C)c3cc(-c4cccc(C#N)c4)cs3)ccc2n1.